The Hall–Kier alpha value is -2.09. The van der Waals surface area contributed by atoms with Crippen LogP contribution in [0, 0.1) is 0 Å². The molecule has 0 amide bonds. The molecular weight excluding hydrogens is 268 g/mol. The summed E-state index contributed by atoms with van der Waals surface area (Å²) in [5.74, 6) is -0.584. The first-order valence-electron chi connectivity index (χ1n) is 5.40. The molecule has 0 atom stereocenters. The van der Waals surface area contributed by atoms with E-state index in [-0.39, 0.29) is 11.3 Å². The van der Waals surface area contributed by atoms with E-state index in [0.29, 0.717) is 16.5 Å². The van der Waals surface area contributed by atoms with E-state index in [1.54, 1.807) is 26.4 Å². The number of aryl methyl sites for hydroxylation is 2. The lowest BCUT2D eigenvalue weighted by Gasteiger charge is -1.97. The highest BCUT2D eigenvalue weighted by Crippen LogP contribution is 2.19. The normalized spacial score (nSPS) is 10.6. The Bertz CT molecular complexity index is 677. The molecule has 0 aliphatic carbocycles. The highest BCUT2D eigenvalue weighted by Gasteiger charge is 2.11. The summed E-state index contributed by atoms with van der Waals surface area (Å²) in [4.78, 5) is 26.3. The summed E-state index contributed by atoms with van der Waals surface area (Å²) < 4.78 is 2.95. The summed E-state index contributed by atoms with van der Waals surface area (Å²) in [7, 11) is 3.34. The number of aromatic nitrogens is 4. The predicted octanol–water partition coefficient (Wildman–Crippen LogP) is 0.358. The molecule has 2 heterocycles. The van der Waals surface area contributed by atoms with Gasteiger partial charge in [-0.05, 0) is 6.07 Å². The fraction of sp³-hybridized carbons (Fsp3) is 0.273. The molecule has 2 rings (SSSR count). The smallest absolute Gasteiger partial charge is 0.313 e. The second kappa shape index (κ2) is 5.27. The largest absolute Gasteiger partial charge is 0.481 e. The van der Waals surface area contributed by atoms with E-state index >= 15 is 0 Å². The predicted molar refractivity (Wildman–Crippen MR) is 70.0 cm³/mol. The van der Waals surface area contributed by atoms with Gasteiger partial charge in [0.15, 0.2) is 11.0 Å². The van der Waals surface area contributed by atoms with E-state index in [2.05, 4.69) is 10.1 Å². The molecule has 0 bridgehead atoms. The summed E-state index contributed by atoms with van der Waals surface area (Å²) in [6, 6.07) is 3.18. The maximum Gasteiger partial charge on any atom is 0.313 e. The first-order valence-corrected chi connectivity index (χ1v) is 6.38. The molecule has 0 saturated heterocycles. The number of hydrogen-bond acceptors (Lipinski definition) is 5. The third kappa shape index (κ3) is 3.02. The van der Waals surface area contributed by atoms with Crippen LogP contribution < -0.4 is 5.56 Å². The highest BCUT2D eigenvalue weighted by molar-refractivity contribution is 7.99. The van der Waals surface area contributed by atoms with Gasteiger partial charge in [-0.2, -0.15) is 5.10 Å². The minimum absolute atomic E-state index is 0.0808. The quantitative estimate of drug-likeness (QED) is 0.813. The van der Waals surface area contributed by atoms with Gasteiger partial charge in [0.05, 0.1) is 5.75 Å². The van der Waals surface area contributed by atoms with Gasteiger partial charge in [0.2, 0.25) is 0 Å². The van der Waals surface area contributed by atoms with Crippen LogP contribution in [0.1, 0.15) is 0 Å². The van der Waals surface area contributed by atoms with Crippen LogP contribution in [0.3, 0.4) is 0 Å². The van der Waals surface area contributed by atoms with E-state index in [1.165, 1.54) is 15.3 Å². The van der Waals surface area contributed by atoms with Gasteiger partial charge in [0.25, 0.3) is 5.56 Å². The van der Waals surface area contributed by atoms with Gasteiger partial charge in [-0.25, -0.2) is 9.67 Å². The number of thioether (sulfide) groups is 1. The third-order valence-electron chi connectivity index (χ3n) is 2.41. The Morgan fingerprint density at radius 1 is 1.47 bits per heavy atom. The first kappa shape index (κ1) is 13.3. The molecule has 0 aromatic carbocycles. The Labute approximate surface area is 112 Å². The van der Waals surface area contributed by atoms with Crippen molar-refractivity contribution in [3.63, 3.8) is 0 Å². The maximum atomic E-state index is 11.5. The molecule has 0 aliphatic rings. The monoisotopic (exact) mass is 280 g/mol. The summed E-state index contributed by atoms with van der Waals surface area (Å²) in [6.07, 6.45) is 1.64. The van der Waals surface area contributed by atoms with Gasteiger partial charge < -0.3 is 9.67 Å². The van der Waals surface area contributed by atoms with Crippen molar-refractivity contribution in [3.8, 4) is 11.4 Å². The molecule has 0 saturated carbocycles. The summed E-state index contributed by atoms with van der Waals surface area (Å²) >= 11 is 1.08. The molecule has 2 aromatic heterocycles. The van der Waals surface area contributed by atoms with Crippen LogP contribution in [0.4, 0.5) is 0 Å². The standard InChI is InChI=1S/C11H12N4O3S/c1-14-4-3-7(5-8(14)16)10-12-11(15(2)13-10)19-6-9(17)18/h3-5H,6H2,1-2H3,(H,17,18). The van der Waals surface area contributed by atoms with Crippen LogP contribution in [0.25, 0.3) is 11.4 Å². The van der Waals surface area contributed by atoms with Crippen LogP contribution in [0.2, 0.25) is 0 Å². The van der Waals surface area contributed by atoms with Crippen molar-refractivity contribution in [1.29, 1.82) is 0 Å². The van der Waals surface area contributed by atoms with Crippen molar-refractivity contribution in [3.05, 3.63) is 28.7 Å². The molecular formula is C11H12N4O3S. The van der Waals surface area contributed by atoms with Crippen molar-refractivity contribution in [1.82, 2.24) is 19.3 Å². The molecule has 19 heavy (non-hydrogen) atoms. The molecule has 0 fully saturated rings. The fourth-order valence-electron chi connectivity index (χ4n) is 1.43. The second-order valence-electron chi connectivity index (χ2n) is 3.89. The molecule has 1 N–H and O–H groups in total. The third-order valence-corrected chi connectivity index (χ3v) is 3.42. The summed E-state index contributed by atoms with van der Waals surface area (Å²) in [5, 5.41) is 13.3. The highest BCUT2D eigenvalue weighted by atomic mass is 32.2. The average Bonchev–Trinajstić information content (AvgIpc) is 2.71. The number of aliphatic carboxylic acids is 1. The van der Waals surface area contributed by atoms with Crippen molar-refractivity contribution < 1.29 is 9.90 Å². The average molecular weight is 280 g/mol. The van der Waals surface area contributed by atoms with Crippen LogP contribution >= 0.6 is 11.8 Å². The van der Waals surface area contributed by atoms with Crippen LogP contribution in [0.5, 0.6) is 0 Å². The Morgan fingerprint density at radius 3 is 2.84 bits per heavy atom. The first-order chi connectivity index (χ1) is 8.97. The number of nitrogens with zero attached hydrogens (tertiary/aromatic N) is 4. The van der Waals surface area contributed by atoms with E-state index in [9.17, 15) is 9.59 Å². The van der Waals surface area contributed by atoms with E-state index in [1.807, 2.05) is 0 Å². The molecule has 0 unspecified atom stereocenters. The zero-order valence-corrected chi connectivity index (χ0v) is 11.2. The fourth-order valence-corrected chi connectivity index (χ4v) is 2.06. The zero-order chi connectivity index (χ0) is 14.0. The van der Waals surface area contributed by atoms with Gasteiger partial charge in [0, 0.05) is 31.9 Å². The lowest BCUT2D eigenvalue weighted by molar-refractivity contribution is -0.133. The number of rotatable bonds is 4. The van der Waals surface area contributed by atoms with E-state index in [0.717, 1.165) is 11.8 Å². The minimum Gasteiger partial charge on any atom is -0.481 e. The second-order valence-corrected chi connectivity index (χ2v) is 4.83. The van der Waals surface area contributed by atoms with E-state index in [4.69, 9.17) is 5.11 Å². The zero-order valence-electron chi connectivity index (χ0n) is 10.4. The van der Waals surface area contributed by atoms with E-state index < -0.39 is 5.97 Å². The van der Waals surface area contributed by atoms with Gasteiger partial charge in [0.1, 0.15) is 0 Å². The topological polar surface area (TPSA) is 90.0 Å². The Morgan fingerprint density at radius 2 is 2.21 bits per heavy atom. The maximum absolute atomic E-state index is 11.5. The lowest BCUT2D eigenvalue weighted by Crippen LogP contribution is -2.14. The van der Waals surface area contributed by atoms with Crippen molar-refractivity contribution >= 4 is 17.7 Å². The van der Waals surface area contributed by atoms with Gasteiger partial charge in [-0.3, -0.25) is 9.59 Å². The number of carboxylic acid groups (broad SMARTS) is 1. The van der Waals surface area contributed by atoms with Crippen LogP contribution in [0.15, 0.2) is 28.3 Å². The number of pyridine rings is 1. The van der Waals surface area contributed by atoms with Gasteiger partial charge >= 0.3 is 5.97 Å². The summed E-state index contributed by atoms with van der Waals surface area (Å²) in [5.41, 5.74) is 0.463. The number of carbonyl (C=O) groups is 1. The van der Waals surface area contributed by atoms with Crippen LogP contribution in [-0.2, 0) is 18.9 Å². The minimum atomic E-state index is -0.914. The van der Waals surface area contributed by atoms with Crippen LogP contribution in [-0.4, -0.2) is 36.2 Å². The van der Waals surface area contributed by atoms with Crippen molar-refractivity contribution in [2.75, 3.05) is 5.75 Å². The Kier molecular flexibility index (Phi) is 3.70. The SMILES string of the molecule is Cn1nc(-c2ccn(C)c(=O)c2)nc1SCC(=O)O. The number of carboxylic acids is 1. The molecule has 8 heteroatoms. The molecule has 2 aromatic rings. The molecule has 0 spiro atoms. The van der Waals surface area contributed by atoms with Crippen molar-refractivity contribution in [2.45, 2.75) is 5.16 Å². The van der Waals surface area contributed by atoms with Crippen molar-refractivity contribution in [2.24, 2.45) is 14.1 Å². The molecule has 7 nitrogen and oxygen atoms in total. The Balaban J connectivity index is 2.30. The van der Waals surface area contributed by atoms with Gasteiger partial charge in [-0.1, -0.05) is 11.8 Å². The summed E-state index contributed by atoms with van der Waals surface area (Å²) in [6.45, 7) is 0. The molecule has 0 aliphatic heterocycles. The molecule has 0 radical (unpaired) electrons. The molecule has 100 valence electrons. The lowest BCUT2D eigenvalue weighted by atomic mass is 10.2. The van der Waals surface area contributed by atoms with Gasteiger partial charge in [-0.15, -0.1) is 0 Å². The number of hydrogen-bond donors (Lipinski definition) is 1.